The highest BCUT2D eigenvalue weighted by molar-refractivity contribution is 4.79. The van der Waals surface area contributed by atoms with E-state index in [0.29, 0.717) is 13.2 Å². The molecule has 0 aromatic heterocycles. The van der Waals surface area contributed by atoms with Gasteiger partial charge in [-0.1, -0.05) is 12.2 Å². The summed E-state index contributed by atoms with van der Waals surface area (Å²) < 4.78 is 5.27. The molecule has 0 aliphatic rings. The predicted octanol–water partition coefficient (Wildman–Crippen LogP) is 0.636. The van der Waals surface area contributed by atoms with Crippen molar-refractivity contribution in [3.8, 4) is 0 Å². The smallest absolute Gasteiger partial charge is 0.0594 e. The highest BCUT2D eigenvalue weighted by Crippen LogP contribution is 1.89. The number of ether oxygens (including phenoxy) is 1. The van der Waals surface area contributed by atoms with Crippen LogP contribution in [-0.4, -0.2) is 44.3 Å². The van der Waals surface area contributed by atoms with Gasteiger partial charge in [0.05, 0.1) is 13.2 Å². The molecule has 76 valence electrons. The Morgan fingerprint density at radius 2 is 1.77 bits per heavy atom. The minimum Gasteiger partial charge on any atom is -0.379 e. The molecule has 0 saturated carbocycles. The molecule has 0 atom stereocenters. The van der Waals surface area contributed by atoms with E-state index in [-0.39, 0.29) is 0 Å². The van der Waals surface area contributed by atoms with Crippen molar-refractivity contribution in [1.29, 1.82) is 0 Å². The van der Waals surface area contributed by atoms with E-state index in [1.54, 1.807) is 0 Å². The van der Waals surface area contributed by atoms with Gasteiger partial charge in [-0.25, -0.2) is 0 Å². The fraction of sp³-hybridized carbons (Fsp3) is 0.600. The summed E-state index contributed by atoms with van der Waals surface area (Å²) in [5.41, 5.74) is 5.29. The second kappa shape index (κ2) is 9.45. The van der Waals surface area contributed by atoms with Crippen molar-refractivity contribution in [2.75, 3.05) is 39.4 Å². The number of nitrogens with two attached hydrogens (primary N) is 1. The highest BCUT2D eigenvalue weighted by atomic mass is 16.5. The van der Waals surface area contributed by atoms with Crippen molar-refractivity contribution < 1.29 is 4.74 Å². The third-order valence-corrected chi connectivity index (χ3v) is 1.59. The van der Waals surface area contributed by atoms with Gasteiger partial charge < -0.3 is 10.5 Å². The summed E-state index contributed by atoms with van der Waals surface area (Å²) in [4.78, 5) is 2.20. The second-order valence-electron chi connectivity index (χ2n) is 2.74. The van der Waals surface area contributed by atoms with Crippen LogP contribution in [0.1, 0.15) is 0 Å². The van der Waals surface area contributed by atoms with Gasteiger partial charge in [-0.15, -0.1) is 13.2 Å². The predicted molar refractivity (Wildman–Crippen MR) is 56.7 cm³/mol. The lowest BCUT2D eigenvalue weighted by Gasteiger charge is -2.18. The molecule has 0 rings (SSSR count). The van der Waals surface area contributed by atoms with Gasteiger partial charge in [0.2, 0.25) is 0 Å². The van der Waals surface area contributed by atoms with Crippen molar-refractivity contribution in [3.05, 3.63) is 25.3 Å². The normalized spacial score (nSPS) is 10.3. The SMILES string of the molecule is C=CCN(CC=C)CCOCCN. The summed E-state index contributed by atoms with van der Waals surface area (Å²) in [5, 5.41) is 0. The van der Waals surface area contributed by atoms with Crippen LogP contribution in [0.3, 0.4) is 0 Å². The molecule has 0 aromatic rings. The van der Waals surface area contributed by atoms with Crippen LogP contribution in [0.5, 0.6) is 0 Å². The number of rotatable bonds is 9. The Labute approximate surface area is 80.9 Å². The molecule has 0 unspecified atom stereocenters. The first-order valence-electron chi connectivity index (χ1n) is 4.57. The first-order valence-corrected chi connectivity index (χ1v) is 4.57. The molecule has 2 N–H and O–H groups in total. The maximum absolute atomic E-state index is 5.29. The van der Waals surface area contributed by atoms with E-state index in [2.05, 4.69) is 18.1 Å². The Morgan fingerprint density at radius 3 is 2.23 bits per heavy atom. The summed E-state index contributed by atoms with van der Waals surface area (Å²) in [6, 6.07) is 0. The van der Waals surface area contributed by atoms with E-state index in [0.717, 1.165) is 26.2 Å². The fourth-order valence-corrected chi connectivity index (χ4v) is 1.00. The van der Waals surface area contributed by atoms with E-state index < -0.39 is 0 Å². The summed E-state index contributed by atoms with van der Waals surface area (Å²) >= 11 is 0. The molecule has 0 fully saturated rings. The first kappa shape index (κ1) is 12.4. The Hall–Kier alpha value is -0.640. The molecular formula is C10H20N2O. The zero-order chi connectivity index (χ0) is 9.94. The minimum atomic E-state index is 0.586. The summed E-state index contributed by atoms with van der Waals surface area (Å²) in [7, 11) is 0. The molecule has 0 spiro atoms. The maximum atomic E-state index is 5.29. The van der Waals surface area contributed by atoms with Crippen LogP contribution in [0, 0.1) is 0 Å². The summed E-state index contributed by atoms with van der Waals surface area (Å²) in [5.74, 6) is 0. The third kappa shape index (κ3) is 7.71. The molecule has 0 aromatic carbocycles. The molecule has 13 heavy (non-hydrogen) atoms. The molecule has 0 aliphatic heterocycles. The Morgan fingerprint density at radius 1 is 1.15 bits per heavy atom. The standard InChI is InChI=1S/C10H20N2O/c1-3-6-12(7-4-2)8-10-13-9-5-11/h3-4H,1-2,5-11H2. The van der Waals surface area contributed by atoms with Gasteiger partial charge >= 0.3 is 0 Å². The molecule has 0 heterocycles. The van der Waals surface area contributed by atoms with Crippen LogP contribution < -0.4 is 5.73 Å². The molecular weight excluding hydrogens is 164 g/mol. The lowest BCUT2D eigenvalue weighted by atomic mass is 10.4. The van der Waals surface area contributed by atoms with E-state index in [4.69, 9.17) is 10.5 Å². The largest absolute Gasteiger partial charge is 0.379 e. The average molecular weight is 184 g/mol. The quantitative estimate of drug-likeness (QED) is 0.422. The monoisotopic (exact) mass is 184 g/mol. The van der Waals surface area contributed by atoms with E-state index >= 15 is 0 Å². The lowest BCUT2D eigenvalue weighted by molar-refractivity contribution is 0.117. The molecule has 0 aliphatic carbocycles. The highest BCUT2D eigenvalue weighted by Gasteiger charge is 1.98. The molecule has 3 nitrogen and oxygen atoms in total. The topological polar surface area (TPSA) is 38.5 Å². The Balaban J connectivity index is 3.43. The van der Waals surface area contributed by atoms with E-state index in [1.807, 2.05) is 12.2 Å². The van der Waals surface area contributed by atoms with Gasteiger partial charge in [0.25, 0.3) is 0 Å². The van der Waals surface area contributed by atoms with Crippen molar-refractivity contribution in [2.24, 2.45) is 5.73 Å². The molecule has 0 amide bonds. The van der Waals surface area contributed by atoms with Crippen LogP contribution in [0.2, 0.25) is 0 Å². The van der Waals surface area contributed by atoms with Gasteiger partial charge in [0.15, 0.2) is 0 Å². The minimum absolute atomic E-state index is 0.586. The molecule has 0 saturated heterocycles. The summed E-state index contributed by atoms with van der Waals surface area (Å²) in [6.45, 7) is 12.0. The number of hydrogen-bond acceptors (Lipinski definition) is 3. The zero-order valence-electron chi connectivity index (χ0n) is 8.24. The molecule has 0 radical (unpaired) electrons. The second-order valence-corrected chi connectivity index (χ2v) is 2.74. The van der Waals surface area contributed by atoms with Crippen molar-refractivity contribution >= 4 is 0 Å². The van der Waals surface area contributed by atoms with Gasteiger partial charge in [0, 0.05) is 26.2 Å². The van der Waals surface area contributed by atoms with E-state index in [9.17, 15) is 0 Å². The Kier molecular flexibility index (Phi) is 8.98. The van der Waals surface area contributed by atoms with Crippen molar-refractivity contribution in [2.45, 2.75) is 0 Å². The van der Waals surface area contributed by atoms with Gasteiger partial charge in [-0.05, 0) is 0 Å². The zero-order valence-corrected chi connectivity index (χ0v) is 8.24. The van der Waals surface area contributed by atoms with Gasteiger partial charge in [-0.3, -0.25) is 4.90 Å². The van der Waals surface area contributed by atoms with Crippen LogP contribution in [-0.2, 0) is 4.74 Å². The van der Waals surface area contributed by atoms with Gasteiger partial charge in [0.1, 0.15) is 0 Å². The maximum Gasteiger partial charge on any atom is 0.0594 e. The van der Waals surface area contributed by atoms with Crippen LogP contribution in [0.15, 0.2) is 25.3 Å². The van der Waals surface area contributed by atoms with Crippen LogP contribution >= 0.6 is 0 Å². The number of hydrogen-bond donors (Lipinski definition) is 1. The average Bonchev–Trinajstić information content (AvgIpc) is 2.13. The lowest BCUT2D eigenvalue weighted by Crippen LogP contribution is -2.28. The van der Waals surface area contributed by atoms with Gasteiger partial charge in [-0.2, -0.15) is 0 Å². The first-order chi connectivity index (χ1) is 6.35. The number of nitrogens with zero attached hydrogens (tertiary/aromatic N) is 1. The van der Waals surface area contributed by atoms with Crippen LogP contribution in [0.4, 0.5) is 0 Å². The van der Waals surface area contributed by atoms with Crippen molar-refractivity contribution in [1.82, 2.24) is 4.90 Å². The molecule has 0 bridgehead atoms. The molecule has 3 heteroatoms. The summed E-state index contributed by atoms with van der Waals surface area (Å²) in [6.07, 6.45) is 3.76. The van der Waals surface area contributed by atoms with E-state index in [1.165, 1.54) is 0 Å². The van der Waals surface area contributed by atoms with Crippen molar-refractivity contribution in [3.63, 3.8) is 0 Å². The van der Waals surface area contributed by atoms with Crippen LogP contribution in [0.25, 0.3) is 0 Å². The Bertz CT molecular complexity index is 127. The fourth-order valence-electron chi connectivity index (χ4n) is 1.00. The third-order valence-electron chi connectivity index (χ3n) is 1.59.